The Hall–Kier alpha value is -0.830. The number of esters is 1. The van der Waals surface area contributed by atoms with Crippen molar-refractivity contribution in [2.75, 3.05) is 19.7 Å². The number of rotatable bonds is 3. The monoisotopic (exact) mass is 183 g/mol. The van der Waals surface area contributed by atoms with Crippen molar-refractivity contribution >= 4 is 5.97 Å². The Bertz CT molecular complexity index is 213. The van der Waals surface area contributed by atoms with Crippen molar-refractivity contribution in [3.8, 4) is 0 Å². The van der Waals surface area contributed by atoms with Crippen LogP contribution in [0.4, 0.5) is 0 Å². The van der Waals surface area contributed by atoms with Gasteiger partial charge in [-0.25, -0.2) is 4.79 Å². The van der Waals surface area contributed by atoms with Gasteiger partial charge < -0.3 is 4.74 Å². The molecule has 0 radical (unpaired) electrons. The predicted molar refractivity (Wildman–Crippen MR) is 51.4 cm³/mol. The molecule has 3 heteroatoms. The molecule has 0 aromatic heterocycles. The number of carbonyl (C=O) groups excluding carboxylic acids is 1. The predicted octanol–water partition coefficient (Wildman–Crippen LogP) is 1.20. The molecule has 1 aliphatic rings. The lowest BCUT2D eigenvalue weighted by molar-refractivity contribution is -0.137. The molecule has 0 spiro atoms. The third-order valence-electron chi connectivity index (χ3n) is 2.15. The van der Waals surface area contributed by atoms with Crippen LogP contribution in [0, 0.1) is 0 Å². The van der Waals surface area contributed by atoms with Gasteiger partial charge in [-0.1, -0.05) is 0 Å². The van der Waals surface area contributed by atoms with E-state index in [9.17, 15) is 4.79 Å². The molecular formula is C10H17NO2. The third kappa shape index (κ3) is 2.84. The van der Waals surface area contributed by atoms with Crippen molar-refractivity contribution in [2.24, 2.45) is 0 Å². The maximum atomic E-state index is 11.0. The molecule has 0 saturated carbocycles. The smallest absolute Gasteiger partial charge is 0.330 e. The molecule has 74 valence electrons. The highest BCUT2D eigenvalue weighted by atomic mass is 16.5. The van der Waals surface area contributed by atoms with Crippen LogP contribution in [0.15, 0.2) is 11.6 Å². The topological polar surface area (TPSA) is 29.5 Å². The first kappa shape index (κ1) is 10.3. The molecule has 1 fully saturated rings. The zero-order valence-corrected chi connectivity index (χ0v) is 8.54. The fraction of sp³-hybridized carbons (Fsp3) is 0.700. The summed E-state index contributed by atoms with van der Waals surface area (Å²) in [5.74, 6) is -0.207. The summed E-state index contributed by atoms with van der Waals surface area (Å²) in [4.78, 5) is 13.3. The van der Waals surface area contributed by atoms with Crippen molar-refractivity contribution < 1.29 is 9.53 Å². The Kier molecular flexibility index (Phi) is 3.48. The number of hydrogen-bond donors (Lipinski definition) is 0. The van der Waals surface area contributed by atoms with Crippen molar-refractivity contribution in [1.82, 2.24) is 4.90 Å². The molecule has 0 bridgehead atoms. The summed E-state index contributed by atoms with van der Waals surface area (Å²) in [6.07, 6.45) is 1.61. The Morgan fingerprint density at radius 1 is 1.62 bits per heavy atom. The van der Waals surface area contributed by atoms with E-state index < -0.39 is 0 Å². The SMILES string of the molecule is CCOC(=O)C=C1CN(C(C)C)C1. The first-order valence-electron chi connectivity index (χ1n) is 4.73. The van der Waals surface area contributed by atoms with Crippen LogP contribution in [0.1, 0.15) is 20.8 Å². The van der Waals surface area contributed by atoms with E-state index in [1.54, 1.807) is 6.08 Å². The highest BCUT2D eigenvalue weighted by Crippen LogP contribution is 2.16. The third-order valence-corrected chi connectivity index (χ3v) is 2.15. The number of ether oxygens (including phenoxy) is 1. The number of nitrogens with zero attached hydrogens (tertiary/aromatic N) is 1. The molecule has 0 unspecified atom stereocenters. The van der Waals surface area contributed by atoms with Gasteiger partial charge in [0.05, 0.1) is 6.61 Å². The number of likely N-dealkylation sites (tertiary alicyclic amines) is 1. The van der Waals surface area contributed by atoms with Gasteiger partial charge in [0.1, 0.15) is 0 Å². The van der Waals surface area contributed by atoms with Gasteiger partial charge >= 0.3 is 5.97 Å². The lowest BCUT2D eigenvalue weighted by atomic mass is 10.1. The van der Waals surface area contributed by atoms with Gasteiger partial charge in [0, 0.05) is 25.2 Å². The minimum atomic E-state index is -0.207. The van der Waals surface area contributed by atoms with Crippen molar-refractivity contribution in [1.29, 1.82) is 0 Å². The first-order chi connectivity index (χ1) is 6.13. The highest BCUT2D eigenvalue weighted by molar-refractivity contribution is 5.83. The fourth-order valence-electron chi connectivity index (χ4n) is 1.28. The van der Waals surface area contributed by atoms with Crippen LogP contribution in [0.3, 0.4) is 0 Å². The van der Waals surface area contributed by atoms with E-state index in [1.807, 2.05) is 6.92 Å². The largest absolute Gasteiger partial charge is 0.463 e. The minimum absolute atomic E-state index is 0.207. The molecule has 3 nitrogen and oxygen atoms in total. The molecule has 1 saturated heterocycles. The van der Waals surface area contributed by atoms with Crippen LogP contribution >= 0.6 is 0 Å². The van der Waals surface area contributed by atoms with Crippen LogP contribution in [0.2, 0.25) is 0 Å². The minimum Gasteiger partial charge on any atom is -0.463 e. The molecule has 1 heterocycles. The lowest BCUT2D eigenvalue weighted by Crippen LogP contribution is -2.44. The van der Waals surface area contributed by atoms with Crippen LogP contribution in [-0.2, 0) is 9.53 Å². The molecular weight excluding hydrogens is 166 g/mol. The van der Waals surface area contributed by atoms with E-state index in [2.05, 4.69) is 18.7 Å². The molecule has 1 rings (SSSR count). The highest BCUT2D eigenvalue weighted by Gasteiger charge is 2.22. The summed E-state index contributed by atoms with van der Waals surface area (Å²) in [5.41, 5.74) is 1.17. The average molecular weight is 183 g/mol. The molecule has 0 aromatic carbocycles. The quantitative estimate of drug-likeness (QED) is 0.486. The Morgan fingerprint density at radius 2 is 2.23 bits per heavy atom. The second-order valence-corrected chi connectivity index (χ2v) is 3.55. The summed E-state index contributed by atoms with van der Waals surface area (Å²) in [6, 6.07) is 0.569. The Morgan fingerprint density at radius 3 is 2.69 bits per heavy atom. The Balaban J connectivity index is 2.30. The standard InChI is InChI=1S/C10H17NO2/c1-4-13-10(12)5-9-6-11(7-9)8(2)3/h5,8H,4,6-7H2,1-3H3. The zero-order valence-electron chi connectivity index (χ0n) is 8.54. The van der Waals surface area contributed by atoms with E-state index in [1.165, 1.54) is 5.57 Å². The van der Waals surface area contributed by atoms with Crippen LogP contribution in [0.5, 0.6) is 0 Å². The fourth-order valence-corrected chi connectivity index (χ4v) is 1.28. The van der Waals surface area contributed by atoms with Crippen molar-refractivity contribution in [2.45, 2.75) is 26.8 Å². The van der Waals surface area contributed by atoms with Gasteiger partial charge in [0.2, 0.25) is 0 Å². The summed E-state index contributed by atoms with van der Waals surface area (Å²) in [5, 5.41) is 0. The summed E-state index contributed by atoms with van der Waals surface area (Å²) in [6.45, 7) is 8.41. The van der Waals surface area contributed by atoms with Crippen LogP contribution in [0.25, 0.3) is 0 Å². The molecule has 0 atom stereocenters. The van der Waals surface area contributed by atoms with E-state index >= 15 is 0 Å². The van der Waals surface area contributed by atoms with Crippen LogP contribution in [-0.4, -0.2) is 36.6 Å². The molecule has 0 aliphatic carbocycles. The summed E-state index contributed by atoms with van der Waals surface area (Å²) in [7, 11) is 0. The molecule has 0 aromatic rings. The van der Waals surface area contributed by atoms with Gasteiger partial charge in [-0.3, -0.25) is 4.90 Å². The van der Waals surface area contributed by atoms with Crippen molar-refractivity contribution in [3.05, 3.63) is 11.6 Å². The van der Waals surface area contributed by atoms with Crippen LogP contribution < -0.4 is 0 Å². The van der Waals surface area contributed by atoms with Gasteiger partial charge in [-0.2, -0.15) is 0 Å². The van der Waals surface area contributed by atoms with Crippen molar-refractivity contribution in [3.63, 3.8) is 0 Å². The molecule has 13 heavy (non-hydrogen) atoms. The number of hydrogen-bond acceptors (Lipinski definition) is 3. The number of carbonyl (C=O) groups is 1. The van der Waals surface area contributed by atoms with E-state index in [0.29, 0.717) is 12.6 Å². The van der Waals surface area contributed by atoms with Gasteiger partial charge in [0.15, 0.2) is 0 Å². The summed E-state index contributed by atoms with van der Waals surface area (Å²) < 4.78 is 4.81. The van der Waals surface area contributed by atoms with E-state index in [4.69, 9.17) is 4.74 Å². The normalized spacial score (nSPS) is 17.1. The van der Waals surface area contributed by atoms with Gasteiger partial charge in [0.25, 0.3) is 0 Å². The first-order valence-corrected chi connectivity index (χ1v) is 4.73. The van der Waals surface area contributed by atoms with Gasteiger partial charge in [-0.15, -0.1) is 0 Å². The maximum Gasteiger partial charge on any atom is 0.330 e. The maximum absolute atomic E-state index is 11.0. The molecule has 0 amide bonds. The second kappa shape index (κ2) is 4.42. The second-order valence-electron chi connectivity index (χ2n) is 3.55. The zero-order chi connectivity index (χ0) is 9.84. The van der Waals surface area contributed by atoms with Gasteiger partial charge in [-0.05, 0) is 26.3 Å². The van der Waals surface area contributed by atoms with E-state index in [-0.39, 0.29) is 5.97 Å². The summed E-state index contributed by atoms with van der Waals surface area (Å²) >= 11 is 0. The molecule has 1 aliphatic heterocycles. The lowest BCUT2D eigenvalue weighted by Gasteiger charge is -2.37. The average Bonchev–Trinajstić information content (AvgIpc) is 1.95. The Labute approximate surface area is 79.4 Å². The molecule has 0 N–H and O–H groups in total. The van der Waals surface area contributed by atoms with E-state index in [0.717, 1.165) is 13.1 Å².